The van der Waals surface area contributed by atoms with Crippen LogP contribution in [0.1, 0.15) is 19.3 Å². The monoisotopic (exact) mass is 333 g/mol. The zero-order valence-electron chi connectivity index (χ0n) is 12.4. The van der Waals surface area contributed by atoms with Gasteiger partial charge >= 0.3 is 0 Å². The Bertz CT molecular complexity index is 500. The van der Waals surface area contributed by atoms with Crippen molar-refractivity contribution in [2.45, 2.75) is 19.3 Å². The van der Waals surface area contributed by atoms with E-state index in [1.54, 1.807) is 0 Å². The number of anilines is 1. The number of nitrogens with one attached hydrogen (secondary N) is 1. The van der Waals surface area contributed by atoms with Crippen molar-refractivity contribution < 1.29 is 13.6 Å². The molecule has 0 bridgehead atoms. The Balaban J connectivity index is 0.00000242. The number of likely N-dealkylation sites (tertiary alicyclic amines) is 1. The summed E-state index contributed by atoms with van der Waals surface area (Å²) in [6, 6.07) is 3.34. The Labute approximate surface area is 135 Å². The van der Waals surface area contributed by atoms with Crippen LogP contribution in [0.4, 0.5) is 14.5 Å². The molecule has 0 aliphatic carbocycles. The molecule has 0 saturated carbocycles. The molecule has 22 heavy (non-hydrogen) atoms. The van der Waals surface area contributed by atoms with Gasteiger partial charge in [0.25, 0.3) is 0 Å². The molecule has 7 heteroatoms. The van der Waals surface area contributed by atoms with E-state index in [1.165, 1.54) is 6.07 Å². The van der Waals surface area contributed by atoms with Crippen molar-refractivity contribution in [2.75, 3.05) is 31.5 Å². The highest BCUT2D eigenvalue weighted by molar-refractivity contribution is 5.92. The summed E-state index contributed by atoms with van der Waals surface area (Å²) in [5, 5.41) is 2.59. The first-order chi connectivity index (χ1) is 10.1. The predicted molar refractivity (Wildman–Crippen MR) is 85.1 cm³/mol. The van der Waals surface area contributed by atoms with E-state index >= 15 is 0 Å². The summed E-state index contributed by atoms with van der Waals surface area (Å²) in [4.78, 5) is 14.0. The van der Waals surface area contributed by atoms with Crippen LogP contribution in [-0.2, 0) is 4.79 Å². The van der Waals surface area contributed by atoms with Crippen LogP contribution in [-0.4, -0.2) is 37.0 Å². The minimum atomic E-state index is -0.964. The van der Waals surface area contributed by atoms with Crippen molar-refractivity contribution in [1.29, 1.82) is 0 Å². The lowest BCUT2D eigenvalue weighted by molar-refractivity contribution is -0.117. The minimum Gasteiger partial charge on any atom is -0.330 e. The zero-order chi connectivity index (χ0) is 15.2. The number of piperidine rings is 1. The molecule has 1 aromatic rings. The molecule has 0 spiro atoms. The molecule has 1 aliphatic heterocycles. The van der Waals surface area contributed by atoms with Gasteiger partial charge in [0.15, 0.2) is 11.6 Å². The molecular weight excluding hydrogens is 312 g/mol. The van der Waals surface area contributed by atoms with Gasteiger partial charge in [0.1, 0.15) is 0 Å². The lowest BCUT2D eigenvalue weighted by Crippen LogP contribution is -2.40. The van der Waals surface area contributed by atoms with Crippen LogP contribution in [0.2, 0.25) is 0 Å². The molecule has 2 rings (SSSR count). The van der Waals surface area contributed by atoms with Gasteiger partial charge in [0.2, 0.25) is 5.91 Å². The van der Waals surface area contributed by atoms with E-state index in [1.807, 2.05) is 0 Å². The Kier molecular flexibility index (Phi) is 7.72. The highest BCUT2D eigenvalue weighted by Gasteiger charge is 2.21. The van der Waals surface area contributed by atoms with Crippen LogP contribution < -0.4 is 11.1 Å². The maximum atomic E-state index is 13.1. The molecule has 1 saturated heterocycles. The second-order valence-electron chi connectivity index (χ2n) is 5.50. The lowest BCUT2D eigenvalue weighted by Gasteiger charge is -2.32. The molecule has 1 fully saturated rings. The van der Waals surface area contributed by atoms with Crippen molar-refractivity contribution in [3.8, 4) is 0 Å². The highest BCUT2D eigenvalue weighted by atomic mass is 35.5. The largest absolute Gasteiger partial charge is 0.330 e. The van der Waals surface area contributed by atoms with Gasteiger partial charge in [-0.25, -0.2) is 8.78 Å². The molecule has 1 aromatic carbocycles. The number of benzene rings is 1. The van der Waals surface area contributed by atoms with Crippen molar-refractivity contribution in [2.24, 2.45) is 11.7 Å². The van der Waals surface area contributed by atoms with Crippen LogP contribution in [0, 0.1) is 17.6 Å². The molecule has 1 amide bonds. The first-order valence-corrected chi connectivity index (χ1v) is 7.26. The topological polar surface area (TPSA) is 58.4 Å². The van der Waals surface area contributed by atoms with Gasteiger partial charge in [-0.15, -0.1) is 12.4 Å². The van der Waals surface area contributed by atoms with Gasteiger partial charge in [-0.2, -0.15) is 0 Å². The quantitative estimate of drug-likeness (QED) is 0.870. The fraction of sp³-hybridized carbons (Fsp3) is 0.533. The second kappa shape index (κ2) is 9.02. The number of amides is 1. The van der Waals surface area contributed by atoms with E-state index in [9.17, 15) is 13.6 Å². The molecular formula is C15H22ClF2N3O. The first-order valence-electron chi connectivity index (χ1n) is 7.26. The number of hydrogen-bond donors (Lipinski definition) is 2. The van der Waals surface area contributed by atoms with E-state index in [-0.39, 0.29) is 30.5 Å². The smallest absolute Gasteiger partial charge is 0.238 e. The molecule has 3 N–H and O–H groups in total. The average molecular weight is 334 g/mol. The average Bonchev–Trinajstić information content (AvgIpc) is 2.43. The van der Waals surface area contributed by atoms with Gasteiger partial charge < -0.3 is 11.1 Å². The predicted octanol–water partition coefficient (Wildman–Crippen LogP) is 2.39. The SMILES string of the molecule is Cl.NCCC1CCCN(CC(=O)Nc2ccc(F)c(F)c2)C1. The fourth-order valence-corrected chi connectivity index (χ4v) is 2.74. The number of carbonyl (C=O) groups is 1. The third kappa shape index (κ3) is 5.51. The van der Waals surface area contributed by atoms with Crippen molar-refractivity contribution in [1.82, 2.24) is 4.90 Å². The molecule has 0 radical (unpaired) electrons. The molecule has 1 heterocycles. The summed E-state index contributed by atoms with van der Waals surface area (Å²) in [6.07, 6.45) is 3.18. The van der Waals surface area contributed by atoms with Crippen LogP contribution in [0.25, 0.3) is 0 Å². The van der Waals surface area contributed by atoms with E-state index in [0.29, 0.717) is 12.5 Å². The van der Waals surface area contributed by atoms with Crippen molar-refractivity contribution >= 4 is 24.0 Å². The first kappa shape index (κ1) is 18.8. The van der Waals surface area contributed by atoms with Crippen molar-refractivity contribution in [3.63, 3.8) is 0 Å². The molecule has 4 nitrogen and oxygen atoms in total. The molecule has 1 aliphatic rings. The molecule has 0 aromatic heterocycles. The summed E-state index contributed by atoms with van der Waals surface area (Å²) in [5.41, 5.74) is 5.84. The number of nitrogens with zero attached hydrogens (tertiary/aromatic N) is 1. The second-order valence-corrected chi connectivity index (χ2v) is 5.50. The standard InChI is InChI=1S/C15H21F2N3O.ClH/c16-13-4-3-12(8-14(13)17)19-15(21)10-20-7-1-2-11(9-20)5-6-18;/h3-4,8,11H,1-2,5-7,9-10,18H2,(H,19,21);1H. The third-order valence-corrected chi connectivity index (χ3v) is 3.75. The number of halogens is 3. The minimum absolute atomic E-state index is 0. The molecule has 1 unspecified atom stereocenters. The van der Waals surface area contributed by atoms with Gasteiger partial charge in [0.05, 0.1) is 6.54 Å². The van der Waals surface area contributed by atoms with Gasteiger partial charge in [0, 0.05) is 18.3 Å². The maximum absolute atomic E-state index is 13.1. The van der Waals surface area contributed by atoms with Gasteiger partial charge in [-0.1, -0.05) is 0 Å². The van der Waals surface area contributed by atoms with E-state index in [2.05, 4.69) is 10.2 Å². The fourth-order valence-electron chi connectivity index (χ4n) is 2.74. The molecule has 124 valence electrons. The third-order valence-electron chi connectivity index (χ3n) is 3.75. The highest BCUT2D eigenvalue weighted by Crippen LogP contribution is 2.19. The summed E-state index contributed by atoms with van der Waals surface area (Å²) in [6.45, 7) is 2.67. The number of rotatable bonds is 5. The van der Waals surface area contributed by atoms with Crippen LogP contribution in [0.15, 0.2) is 18.2 Å². The Hall–Kier alpha value is -1.24. The summed E-state index contributed by atoms with van der Waals surface area (Å²) >= 11 is 0. The Morgan fingerprint density at radius 1 is 1.36 bits per heavy atom. The van der Waals surface area contributed by atoms with E-state index in [4.69, 9.17) is 5.73 Å². The number of carbonyl (C=O) groups excluding carboxylic acids is 1. The lowest BCUT2D eigenvalue weighted by atomic mass is 9.95. The van der Waals surface area contributed by atoms with E-state index < -0.39 is 11.6 Å². The van der Waals surface area contributed by atoms with Crippen LogP contribution in [0.3, 0.4) is 0 Å². The number of hydrogen-bond acceptors (Lipinski definition) is 3. The van der Waals surface area contributed by atoms with Gasteiger partial charge in [-0.05, 0) is 50.4 Å². The summed E-state index contributed by atoms with van der Waals surface area (Å²) in [7, 11) is 0. The zero-order valence-corrected chi connectivity index (χ0v) is 13.2. The molecule has 1 atom stereocenters. The van der Waals surface area contributed by atoms with Crippen LogP contribution >= 0.6 is 12.4 Å². The van der Waals surface area contributed by atoms with E-state index in [0.717, 1.165) is 44.5 Å². The normalized spacial score (nSPS) is 18.6. The Morgan fingerprint density at radius 2 is 2.14 bits per heavy atom. The number of nitrogens with two attached hydrogens (primary N) is 1. The van der Waals surface area contributed by atoms with Crippen molar-refractivity contribution in [3.05, 3.63) is 29.8 Å². The summed E-state index contributed by atoms with van der Waals surface area (Å²) in [5.74, 6) is -1.56. The maximum Gasteiger partial charge on any atom is 0.238 e. The van der Waals surface area contributed by atoms with Crippen LogP contribution in [0.5, 0.6) is 0 Å². The Morgan fingerprint density at radius 3 is 2.82 bits per heavy atom. The summed E-state index contributed by atoms with van der Waals surface area (Å²) < 4.78 is 25.9. The van der Waals surface area contributed by atoms with Gasteiger partial charge in [-0.3, -0.25) is 9.69 Å².